The topological polar surface area (TPSA) is 43.6 Å². The van der Waals surface area contributed by atoms with Gasteiger partial charge in [-0.2, -0.15) is 8.78 Å². The molecule has 1 aromatic carbocycles. The molecule has 124 valence electrons. The number of rotatable bonds is 6. The molecule has 0 radical (unpaired) electrons. The van der Waals surface area contributed by atoms with Crippen LogP contribution in [-0.4, -0.2) is 21.8 Å². The van der Waals surface area contributed by atoms with E-state index in [4.69, 9.17) is 0 Å². The van der Waals surface area contributed by atoms with Crippen LogP contribution in [0, 0.1) is 5.82 Å². The number of hydrogen-bond donors (Lipinski definition) is 0. The average molecular weight is 334 g/mol. The maximum atomic E-state index is 13.7. The molecule has 0 aliphatic heterocycles. The number of alkyl halides is 2. The van der Waals surface area contributed by atoms with Crippen LogP contribution in [0.4, 0.5) is 13.2 Å². The second-order valence-electron chi connectivity index (χ2n) is 5.21. The van der Waals surface area contributed by atoms with Gasteiger partial charge < -0.3 is 9.14 Å². The standard InChI is InChI=1S/C17H13F3N2O2/c18-14-9-11(4-5-15(14)24-17(19)20)8-13(23)10-12-2-1-3-16-21-6-7-22(12)16/h1-7,9,17H,8,10H2. The van der Waals surface area contributed by atoms with E-state index < -0.39 is 18.2 Å². The van der Waals surface area contributed by atoms with E-state index in [1.807, 2.05) is 12.1 Å². The van der Waals surface area contributed by atoms with Crippen LogP contribution in [0.25, 0.3) is 5.65 Å². The molecule has 3 rings (SSSR count). The summed E-state index contributed by atoms with van der Waals surface area (Å²) < 4.78 is 43.7. The number of carbonyl (C=O) groups excluding carboxylic acids is 1. The van der Waals surface area contributed by atoms with Gasteiger partial charge in [0.2, 0.25) is 0 Å². The molecule has 4 nitrogen and oxygen atoms in total. The summed E-state index contributed by atoms with van der Waals surface area (Å²) in [4.78, 5) is 16.4. The molecule has 0 unspecified atom stereocenters. The second-order valence-corrected chi connectivity index (χ2v) is 5.21. The van der Waals surface area contributed by atoms with Crippen molar-refractivity contribution in [2.45, 2.75) is 19.5 Å². The van der Waals surface area contributed by atoms with E-state index in [2.05, 4.69) is 9.72 Å². The maximum absolute atomic E-state index is 13.7. The molecule has 0 atom stereocenters. The molecule has 2 aromatic heterocycles. The third kappa shape index (κ3) is 3.56. The summed E-state index contributed by atoms with van der Waals surface area (Å²) in [6.07, 6.45) is 3.55. The van der Waals surface area contributed by atoms with Crippen molar-refractivity contribution in [1.82, 2.24) is 9.38 Å². The number of imidazole rings is 1. The van der Waals surface area contributed by atoms with E-state index in [9.17, 15) is 18.0 Å². The predicted molar refractivity (Wildman–Crippen MR) is 80.6 cm³/mol. The minimum Gasteiger partial charge on any atom is -0.432 e. The number of ketones is 1. The molecule has 0 saturated heterocycles. The predicted octanol–water partition coefficient (Wildman–Crippen LogP) is 3.43. The molecular weight excluding hydrogens is 321 g/mol. The second kappa shape index (κ2) is 6.74. The average Bonchev–Trinajstić information content (AvgIpc) is 2.99. The zero-order valence-corrected chi connectivity index (χ0v) is 12.5. The van der Waals surface area contributed by atoms with Crippen LogP contribution in [0.1, 0.15) is 11.3 Å². The monoisotopic (exact) mass is 334 g/mol. The Hall–Kier alpha value is -2.83. The molecule has 0 N–H and O–H groups in total. The molecule has 7 heteroatoms. The van der Waals surface area contributed by atoms with Crippen LogP contribution >= 0.6 is 0 Å². The highest BCUT2D eigenvalue weighted by molar-refractivity contribution is 5.83. The van der Waals surface area contributed by atoms with Crippen LogP contribution in [0.15, 0.2) is 48.8 Å². The maximum Gasteiger partial charge on any atom is 0.387 e. The quantitative estimate of drug-likeness (QED) is 0.694. The van der Waals surface area contributed by atoms with Crippen molar-refractivity contribution in [3.05, 3.63) is 65.9 Å². The van der Waals surface area contributed by atoms with Gasteiger partial charge in [-0.15, -0.1) is 0 Å². The fourth-order valence-electron chi connectivity index (χ4n) is 2.49. The van der Waals surface area contributed by atoms with Crippen LogP contribution in [0.5, 0.6) is 5.75 Å². The van der Waals surface area contributed by atoms with Crippen molar-refractivity contribution in [1.29, 1.82) is 0 Å². The fourth-order valence-corrected chi connectivity index (χ4v) is 2.49. The van der Waals surface area contributed by atoms with Crippen molar-refractivity contribution in [2.24, 2.45) is 0 Å². The highest BCUT2D eigenvalue weighted by Crippen LogP contribution is 2.21. The number of aromatic nitrogens is 2. The first-order valence-electron chi connectivity index (χ1n) is 7.19. The van der Waals surface area contributed by atoms with Gasteiger partial charge >= 0.3 is 6.61 Å². The SMILES string of the molecule is O=C(Cc1ccc(OC(F)F)c(F)c1)Cc1cccc2nccn12. The number of nitrogens with zero attached hydrogens (tertiary/aromatic N) is 2. The summed E-state index contributed by atoms with van der Waals surface area (Å²) in [5.74, 6) is -1.58. The molecule has 0 amide bonds. The molecule has 0 aliphatic rings. The zero-order chi connectivity index (χ0) is 17.1. The van der Waals surface area contributed by atoms with Gasteiger partial charge in [-0.1, -0.05) is 12.1 Å². The van der Waals surface area contributed by atoms with Crippen LogP contribution in [-0.2, 0) is 17.6 Å². The molecule has 2 heterocycles. The number of benzene rings is 1. The molecule has 0 saturated carbocycles. The fraction of sp³-hybridized carbons (Fsp3) is 0.176. The lowest BCUT2D eigenvalue weighted by Gasteiger charge is -2.08. The van der Waals surface area contributed by atoms with E-state index in [-0.39, 0.29) is 18.6 Å². The lowest BCUT2D eigenvalue weighted by Crippen LogP contribution is -2.10. The summed E-state index contributed by atoms with van der Waals surface area (Å²) >= 11 is 0. The smallest absolute Gasteiger partial charge is 0.387 e. The van der Waals surface area contributed by atoms with Gasteiger partial charge in [-0.3, -0.25) is 4.79 Å². The number of carbonyl (C=O) groups is 1. The number of fused-ring (bicyclic) bond motifs is 1. The number of ether oxygens (including phenoxy) is 1. The summed E-state index contributed by atoms with van der Waals surface area (Å²) in [5.41, 5.74) is 1.91. The Morgan fingerprint density at radius 1 is 1.21 bits per heavy atom. The van der Waals surface area contributed by atoms with Crippen molar-refractivity contribution < 1.29 is 22.7 Å². The van der Waals surface area contributed by atoms with E-state index in [1.54, 1.807) is 22.9 Å². The Bertz CT molecular complexity index is 877. The van der Waals surface area contributed by atoms with E-state index >= 15 is 0 Å². The molecular formula is C17H13F3N2O2. The summed E-state index contributed by atoms with van der Waals surface area (Å²) in [7, 11) is 0. The van der Waals surface area contributed by atoms with Crippen LogP contribution in [0.2, 0.25) is 0 Å². The number of pyridine rings is 1. The van der Waals surface area contributed by atoms with Gasteiger partial charge in [0.15, 0.2) is 11.6 Å². The van der Waals surface area contributed by atoms with Gasteiger partial charge in [0.25, 0.3) is 0 Å². The normalized spacial score (nSPS) is 11.2. The minimum atomic E-state index is -3.09. The van der Waals surface area contributed by atoms with Gasteiger partial charge in [0.05, 0.1) is 0 Å². The first-order valence-corrected chi connectivity index (χ1v) is 7.19. The Morgan fingerprint density at radius 2 is 2.04 bits per heavy atom. The van der Waals surface area contributed by atoms with E-state index in [0.717, 1.165) is 23.5 Å². The highest BCUT2D eigenvalue weighted by atomic mass is 19.3. The van der Waals surface area contributed by atoms with Crippen molar-refractivity contribution in [3.63, 3.8) is 0 Å². The van der Waals surface area contributed by atoms with E-state index in [0.29, 0.717) is 5.56 Å². The summed E-state index contributed by atoms with van der Waals surface area (Å²) in [6, 6.07) is 8.98. The van der Waals surface area contributed by atoms with Crippen molar-refractivity contribution in [2.75, 3.05) is 0 Å². The molecule has 0 fully saturated rings. The van der Waals surface area contributed by atoms with Crippen molar-refractivity contribution >= 4 is 11.4 Å². The zero-order valence-electron chi connectivity index (χ0n) is 12.5. The third-order valence-electron chi connectivity index (χ3n) is 3.50. The molecule has 0 spiro atoms. The Morgan fingerprint density at radius 3 is 2.79 bits per heavy atom. The lowest BCUT2D eigenvalue weighted by atomic mass is 10.0. The molecule has 0 bridgehead atoms. The van der Waals surface area contributed by atoms with Crippen LogP contribution in [0.3, 0.4) is 0 Å². The largest absolute Gasteiger partial charge is 0.432 e. The first kappa shape index (κ1) is 16.0. The first-order chi connectivity index (χ1) is 11.5. The Kier molecular flexibility index (Phi) is 4.50. The summed E-state index contributed by atoms with van der Waals surface area (Å²) in [6.45, 7) is -3.09. The van der Waals surface area contributed by atoms with Gasteiger partial charge in [-0.05, 0) is 29.8 Å². The van der Waals surface area contributed by atoms with Gasteiger partial charge in [0, 0.05) is 30.9 Å². The van der Waals surface area contributed by atoms with Crippen molar-refractivity contribution in [3.8, 4) is 5.75 Å². The number of halogens is 3. The third-order valence-corrected chi connectivity index (χ3v) is 3.50. The number of Topliss-reactive ketones (excluding diaryl/α,β-unsaturated/α-hetero) is 1. The number of hydrogen-bond acceptors (Lipinski definition) is 3. The molecule has 24 heavy (non-hydrogen) atoms. The summed E-state index contributed by atoms with van der Waals surface area (Å²) in [5, 5.41) is 0. The Balaban J connectivity index is 1.71. The Labute approximate surface area is 135 Å². The molecule has 3 aromatic rings. The van der Waals surface area contributed by atoms with E-state index in [1.165, 1.54) is 6.07 Å². The highest BCUT2D eigenvalue weighted by Gasteiger charge is 2.13. The van der Waals surface area contributed by atoms with Gasteiger partial charge in [-0.25, -0.2) is 9.37 Å². The van der Waals surface area contributed by atoms with Gasteiger partial charge in [0.1, 0.15) is 11.4 Å². The minimum absolute atomic E-state index is 0.00301. The lowest BCUT2D eigenvalue weighted by molar-refractivity contribution is -0.117. The molecule has 0 aliphatic carbocycles. The van der Waals surface area contributed by atoms with Crippen LogP contribution < -0.4 is 4.74 Å².